The molecule has 0 bridgehead atoms. The second-order valence-electron chi connectivity index (χ2n) is 8.39. The first kappa shape index (κ1) is 23.2. The Balaban J connectivity index is 1.44. The first-order valence-electron chi connectivity index (χ1n) is 11.3. The molecule has 174 valence electrons. The maximum atomic E-state index is 13.6. The van der Waals surface area contributed by atoms with Crippen LogP contribution in [0.5, 0.6) is 5.75 Å². The number of rotatable bonds is 11. The standard InChI is InChI=1S/C24H31FN2O4S/c1-2-30-15-19(28)13-26(18-6-7-18)14-24(29)27-10-8-23-21(9-11-32-23)22(27)16-31-20-5-3-4-17(25)12-20/h3-5,9,11-12,18-19,22,28H,2,6-8,10,13-16H2,1H3/t19-,22+/m0/s1. The van der Waals surface area contributed by atoms with Gasteiger partial charge < -0.3 is 19.5 Å². The van der Waals surface area contributed by atoms with Crippen LogP contribution in [0.25, 0.3) is 0 Å². The summed E-state index contributed by atoms with van der Waals surface area (Å²) < 4.78 is 24.8. The number of hydrogen-bond donors (Lipinski definition) is 1. The highest BCUT2D eigenvalue weighted by molar-refractivity contribution is 7.10. The van der Waals surface area contributed by atoms with Gasteiger partial charge in [0.1, 0.15) is 18.2 Å². The van der Waals surface area contributed by atoms with Gasteiger partial charge in [0.2, 0.25) is 5.91 Å². The van der Waals surface area contributed by atoms with E-state index in [1.54, 1.807) is 23.5 Å². The van der Waals surface area contributed by atoms with Gasteiger partial charge in [0.15, 0.2) is 0 Å². The molecule has 1 fully saturated rings. The monoisotopic (exact) mass is 462 g/mol. The average Bonchev–Trinajstić information content (AvgIpc) is 3.52. The summed E-state index contributed by atoms with van der Waals surface area (Å²) in [5.74, 6) is 0.143. The lowest BCUT2D eigenvalue weighted by molar-refractivity contribution is -0.136. The van der Waals surface area contributed by atoms with Crippen LogP contribution in [0.1, 0.15) is 36.2 Å². The Hall–Kier alpha value is -2.00. The molecule has 1 N–H and O–H groups in total. The molecule has 1 aromatic carbocycles. The molecule has 8 heteroatoms. The van der Waals surface area contributed by atoms with Crippen LogP contribution in [-0.2, 0) is 16.0 Å². The van der Waals surface area contributed by atoms with Gasteiger partial charge in [0.05, 0.1) is 25.3 Å². The maximum Gasteiger partial charge on any atom is 0.237 e. The third-order valence-electron chi connectivity index (χ3n) is 5.98. The molecule has 32 heavy (non-hydrogen) atoms. The van der Waals surface area contributed by atoms with E-state index in [4.69, 9.17) is 9.47 Å². The number of amides is 1. The summed E-state index contributed by atoms with van der Waals surface area (Å²) in [6.07, 6.45) is 2.32. The summed E-state index contributed by atoms with van der Waals surface area (Å²) in [5, 5.41) is 12.3. The number of ether oxygens (including phenoxy) is 2. The van der Waals surface area contributed by atoms with Gasteiger partial charge in [-0.2, -0.15) is 0 Å². The van der Waals surface area contributed by atoms with Crippen LogP contribution < -0.4 is 4.74 Å². The normalized spacial score (nSPS) is 19.1. The van der Waals surface area contributed by atoms with E-state index in [-0.39, 0.29) is 37.5 Å². The smallest absolute Gasteiger partial charge is 0.237 e. The Labute approximate surface area is 192 Å². The minimum Gasteiger partial charge on any atom is -0.491 e. The van der Waals surface area contributed by atoms with E-state index in [0.29, 0.717) is 31.5 Å². The zero-order valence-electron chi connectivity index (χ0n) is 18.4. The fourth-order valence-electron chi connectivity index (χ4n) is 4.23. The van der Waals surface area contributed by atoms with Crippen molar-refractivity contribution in [3.05, 3.63) is 52.0 Å². The Bertz CT molecular complexity index is 904. The summed E-state index contributed by atoms with van der Waals surface area (Å²) in [5.41, 5.74) is 1.11. The minimum atomic E-state index is -0.611. The summed E-state index contributed by atoms with van der Waals surface area (Å²) in [6.45, 7) is 4.33. The number of aliphatic hydroxyl groups is 1. The first-order chi connectivity index (χ1) is 15.5. The van der Waals surface area contributed by atoms with Gasteiger partial charge in [-0.15, -0.1) is 11.3 Å². The number of halogens is 1. The predicted octanol–water partition coefficient (Wildman–Crippen LogP) is 3.25. The number of carbonyl (C=O) groups excluding carboxylic acids is 1. The number of fused-ring (bicyclic) bond motifs is 1. The van der Waals surface area contributed by atoms with Gasteiger partial charge in [-0.25, -0.2) is 4.39 Å². The quantitative estimate of drug-likeness (QED) is 0.556. The van der Waals surface area contributed by atoms with E-state index in [1.807, 2.05) is 11.8 Å². The van der Waals surface area contributed by atoms with Crippen LogP contribution in [0.2, 0.25) is 0 Å². The molecule has 1 saturated carbocycles. The summed E-state index contributed by atoms with van der Waals surface area (Å²) in [7, 11) is 0. The Morgan fingerprint density at radius 2 is 2.22 bits per heavy atom. The fraction of sp³-hybridized carbons (Fsp3) is 0.542. The van der Waals surface area contributed by atoms with Crippen molar-refractivity contribution in [2.45, 2.75) is 44.4 Å². The molecule has 0 spiro atoms. The zero-order chi connectivity index (χ0) is 22.5. The lowest BCUT2D eigenvalue weighted by Crippen LogP contribution is -2.48. The molecule has 1 amide bonds. The van der Waals surface area contributed by atoms with Crippen LogP contribution in [0, 0.1) is 5.82 Å². The second-order valence-corrected chi connectivity index (χ2v) is 9.40. The number of hydrogen-bond acceptors (Lipinski definition) is 6. The molecular formula is C24H31FN2O4S. The number of nitrogens with zero attached hydrogens (tertiary/aromatic N) is 2. The van der Waals surface area contributed by atoms with E-state index in [9.17, 15) is 14.3 Å². The molecule has 6 nitrogen and oxygen atoms in total. The van der Waals surface area contributed by atoms with Crippen LogP contribution in [-0.4, -0.2) is 72.4 Å². The Morgan fingerprint density at radius 1 is 1.38 bits per heavy atom. The zero-order valence-corrected chi connectivity index (χ0v) is 19.2. The van der Waals surface area contributed by atoms with E-state index in [0.717, 1.165) is 24.8 Å². The van der Waals surface area contributed by atoms with Crippen molar-refractivity contribution in [2.75, 3.05) is 39.5 Å². The molecule has 2 heterocycles. The molecule has 1 aromatic heterocycles. The van der Waals surface area contributed by atoms with Crippen molar-refractivity contribution in [3.8, 4) is 5.75 Å². The van der Waals surface area contributed by atoms with Gasteiger partial charge in [-0.3, -0.25) is 9.69 Å². The third-order valence-corrected chi connectivity index (χ3v) is 6.98. The fourth-order valence-corrected chi connectivity index (χ4v) is 5.16. The molecule has 1 aliphatic heterocycles. The van der Waals surface area contributed by atoms with Crippen molar-refractivity contribution in [1.82, 2.24) is 9.80 Å². The van der Waals surface area contributed by atoms with Crippen molar-refractivity contribution < 1.29 is 23.8 Å². The number of aliphatic hydroxyl groups excluding tert-OH is 1. The Kier molecular flexibility index (Phi) is 7.78. The van der Waals surface area contributed by atoms with Crippen LogP contribution in [0.15, 0.2) is 35.7 Å². The van der Waals surface area contributed by atoms with Gasteiger partial charge in [0, 0.05) is 36.7 Å². The molecule has 1 aliphatic carbocycles. The average molecular weight is 463 g/mol. The summed E-state index contributed by atoms with van der Waals surface area (Å²) >= 11 is 1.70. The van der Waals surface area contributed by atoms with Gasteiger partial charge >= 0.3 is 0 Å². The number of benzene rings is 1. The molecule has 0 unspecified atom stereocenters. The number of thiophene rings is 1. The van der Waals surface area contributed by atoms with Crippen molar-refractivity contribution in [2.24, 2.45) is 0 Å². The molecule has 2 atom stereocenters. The van der Waals surface area contributed by atoms with Crippen LogP contribution >= 0.6 is 11.3 Å². The van der Waals surface area contributed by atoms with E-state index < -0.39 is 6.10 Å². The van der Waals surface area contributed by atoms with Gasteiger partial charge in [0.25, 0.3) is 0 Å². The third kappa shape index (κ3) is 5.86. The molecule has 4 rings (SSSR count). The molecule has 2 aromatic rings. The van der Waals surface area contributed by atoms with Crippen LogP contribution in [0.3, 0.4) is 0 Å². The van der Waals surface area contributed by atoms with E-state index in [2.05, 4.69) is 16.3 Å². The molecular weight excluding hydrogens is 431 g/mol. The minimum absolute atomic E-state index is 0.0326. The van der Waals surface area contributed by atoms with Gasteiger partial charge in [-0.1, -0.05) is 6.07 Å². The van der Waals surface area contributed by atoms with Crippen LogP contribution in [0.4, 0.5) is 4.39 Å². The first-order valence-corrected chi connectivity index (χ1v) is 12.2. The highest BCUT2D eigenvalue weighted by Crippen LogP contribution is 2.34. The molecule has 0 radical (unpaired) electrons. The van der Waals surface area contributed by atoms with Crippen molar-refractivity contribution in [1.29, 1.82) is 0 Å². The lowest BCUT2D eigenvalue weighted by Gasteiger charge is -2.37. The number of carbonyl (C=O) groups is 1. The predicted molar refractivity (Wildman–Crippen MR) is 121 cm³/mol. The van der Waals surface area contributed by atoms with E-state index >= 15 is 0 Å². The topological polar surface area (TPSA) is 62.2 Å². The maximum absolute atomic E-state index is 13.6. The second kappa shape index (κ2) is 10.7. The SMILES string of the molecule is CCOC[C@@H](O)CN(CC(=O)N1CCc2sccc2[C@H]1COc1cccc(F)c1)C1CC1. The van der Waals surface area contributed by atoms with Crippen molar-refractivity contribution >= 4 is 17.2 Å². The lowest BCUT2D eigenvalue weighted by atomic mass is 10.0. The largest absolute Gasteiger partial charge is 0.491 e. The highest BCUT2D eigenvalue weighted by Gasteiger charge is 2.36. The highest BCUT2D eigenvalue weighted by atomic mass is 32.1. The summed E-state index contributed by atoms with van der Waals surface area (Å²) in [6, 6.07) is 8.27. The van der Waals surface area contributed by atoms with Gasteiger partial charge in [-0.05, 0) is 55.3 Å². The van der Waals surface area contributed by atoms with Crippen molar-refractivity contribution in [3.63, 3.8) is 0 Å². The van der Waals surface area contributed by atoms with E-state index in [1.165, 1.54) is 17.0 Å². The molecule has 2 aliphatic rings. The Morgan fingerprint density at radius 3 is 2.97 bits per heavy atom. The summed E-state index contributed by atoms with van der Waals surface area (Å²) in [4.78, 5) is 18.6. The molecule has 0 saturated heterocycles.